The van der Waals surface area contributed by atoms with Crippen molar-refractivity contribution in [3.05, 3.63) is 76.2 Å². The number of aromatic nitrogens is 2. The van der Waals surface area contributed by atoms with E-state index in [2.05, 4.69) is 23.8 Å². The van der Waals surface area contributed by atoms with Crippen molar-refractivity contribution in [1.82, 2.24) is 14.7 Å². The van der Waals surface area contributed by atoms with E-state index in [0.29, 0.717) is 23.3 Å². The van der Waals surface area contributed by atoms with Crippen molar-refractivity contribution in [3.8, 4) is 0 Å². The van der Waals surface area contributed by atoms with Crippen LogP contribution in [-0.2, 0) is 16.0 Å². The summed E-state index contributed by atoms with van der Waals surface area (Å²) in [5, 5.41) is 5.34. The Labute approximate surface area is 187 Å². The second kappa shape index (κ2) is 10.1. The molecule has 168 valence electrons. The maximum absolute atomic E-state index is 13.0. The summed E-state index contributed by atoms with van der Waals surface area (Å²) < 4.78 is 12.7. The van der Waals surface area contributed by atoms with E-state index < -0.39 is 5.97 Å². The number of hydrogen-bond donors (Lipinski definition) is 0. The van der Waals surface area contributed by atoms with Crippen molar-refractivity contribution < 1.29 is 14.3 Å². The van der Waals surface area contributed by atoms with Gasteiger partial charge < -0.3 is 9.47 Å². The molecule has 1 unspecified atom stereocenters. The SMILES string of the molecule is CC(C)CN1CCOC(COC(=O)c2nn(Cc3ccccc3)c(=O)c3ccccc23)C1. The summed E-state index contributed by atoms with van der Waals surface area (Å²) in [7, 11) is 0. The lowest BCUT2D eigenvalue weighted by Crippen LogP contribution is -2.46. The molecule has 1 aliphatic heterocycles. The van der Waals surface area contributed by atoms with Gasteiger partial charge in [0.25, 0.3) is 5.56 Å². The first-order chi connectivity index (χ1) is 15.5. The monoisotopic (exact) mass is 435 g/mol. The molecule has 0 N–H and O–H groups in total. The van der Waals surface area contributed by atoms with Gasteiger partial charge in [0.1, 0.15) is 12.7 Å². The van der Waals surface area contributed by atoms with E-state index in [0.717, 1.165) is 25.2 Å². The quantitative estimate of drug-likeness (QED) is 0.532. The van der Waals surface area contributed by atoms with Crippen LogP contribution in [0.2, 0.25) is 0 Å². The van der Waals surface area contributed by atoms with Crippen LogP contribution in [-0.4, -0.2) is 59.6 Å². The molecule has 0 bridgehead atoms. The number of benzene rings is 2. The van der Waals surface area contributed by atoms with E-state index in [9.17, 15) is 9.59 Å². The van der Waals surface area contributed by atoms with E-state index in [1.165, 1.54) is 4.68 Å². The molecule has 0 saturated carbocycles. The highest BCUT2D eigenvalue weighted by molar-refractivity contribution is 6.02. The number of ether oxygens (including phenoxy) is 2. The van der Waals surface area contributed by atoms with Crippen LogP contribution >= 0.6 is 0 Å². The fourth-order valence-corrected chi connectivity index (χ4v) is 4.05. The summed E-state index contributed by atoms with van der Waals surface area (Å²) in [4.78, 5) is 28.3. The maximum Gasteiger partial charge on any atom is 0.359 e. The van der Waals surface area contributed by atoms with Gasteiger partial charge in [-0.25, -0.2) is 9.48 Å². The number of carbonyl (C=O) groups is 1. The molecule has 0 spiro atoms. The average Bonchev–Trinajstić information content (AvgIpc) is 2.80. The van der Waals surface area contributed by atoms with E-state index in [4.69, 9.17) is 9.47 Å². The Hall–Kier alpha value is -3.03. The molecule has 3 aromatic rings. The van der Waals surface area contributed by atoms with Crippen LogP contribution in [0.25, 0.3) is 10.8 Å². The molecule has 1 saturated heterocycles. The minimum atomic E-state index is -0.549. The second-order valence-corrected chi connectivity index (χ2v) is 8.59. The standard InChI is InChI=1S/C25H29N3O4/c1-18(2)14-27-12-13-31-20(16-27)17-32-25(30)23-21-10-6-7-11-22(21)24(29)28(26-23)15-19-8-4-3-5-9-19/h3-11,18,20H,12-17H2,1-2H3. The Balaban J connectivity index is 1.54. The third kappa shape index (κ3) is 5.23. The molecule has 2 aromatic carbocycles. The van der Waals surface area contributed by atoms with Crippen LogP contribution < -0.4 is 5.56 Å². The fourth-order valence-electron chi connectivity index (χ4n) is 4.05. The number of carbonyl (C=O) groups excluding carboxylic acids is 1. The Morgan fingerprint density at radius 2 is 1.84 bits per heavy atom. The van der Waals surface area contributed by atoms with Crippen molar-refractivity contribution in [1.29, 1.82) is 0 Å². The lowest BCUT2D eigenvalue weighted by atomic mass is 10.1. The number of nitrogens with zero attached hydrogens (tertiary/aromatic N) is 3. The van der Waals surface area contributed by atoms with Gasteiger partial charge in [-0.05, 0) is 17.5 Å². The van der Waals surface area contributed by atoms with Crippen LogP contribution in [0.15, 0.2) is 59.4 Å². The van der Waals surface area contributed by atoms with Crippen molar-refractivity contribution >= 4 is 16.7 Å². The molecule has 7 nitrogen and oxygen atoms in total. The highest BCUT2D eigenvalue weighted by Gasteiger charge is 2.24. The Morgan fingerprint density at radius 1 is 1.12 bits per heavy atom. The van der Waals surface area contributed by atoms with Gasteiger partial charge >= 0.3 is 5.97 Å². The summed E-state index contributed by atoms with van der Waals surface area (Å²) in [6.07, 6.45) is -0.173. The second-order valence-electron chi connectivity index (χ2n) is 8.59. The zero-order valence-corrected chi connectivity index (χ0v) is 18.6. The molecule has 4 rings (SSSR count). The van der Waals surface area contributed by atoms with Gasteiger partial charge in [-0.1, -0.05) is 62.4 Å². The topological polar surface area (TPSA) is 73.7 Å². The van der Waals surface area contributed by atoms with E-state index >= 15 is 0 Å². The minimum Gasteiger partial charge on any atom is -0.458 e. The van der Waals surface area contributed by atoms with E-state index in [-0.39, 0.29) is 30.5 Å². The maximum atomic E-state index is 13.0. The average molecular weight is 436 g/mol. The number of hydrogen-bond acceptors (Lipinski definition) is 6. The summed E-state index contributed by atoms with van der Waals surface area (Å²) in [6, 6.07) is 16.6. The van der Waals surface area contributed by atoms with Crippen molar-refractivity contribution in [2.75, 3.05) is 32.8 Å². The largest absolute Gasteiger partial charge is 0.458 e. The summed E-state index contributed by atoms with van der Waals surface area (Å²) in [5.41, 5.74) is 0.837. The predicted molar refractivity (Wildman–Crippen MR) is 123 cm³/mol. The molecule has 1 fully saturated rings. The number of morpholine rings is 1. The molecule has 0 aliphatic carbocycles. The third-order valence-corrected chi connectivity index (χ3v) is 5.48. The molecule has 32 heavy (non-hydrogen) atoms. The van der Waals surface area contributed by atoms with E-state index in [1.54, 1.807) is 24.3 Å². The van der Waals surface area contributed by atoms with Gasteiger partial charge in [-0.2, -0.15) is 5.10 Å². The Kier molecular flexibility index (Phi) is 6.97. The van der Waals surface area contributed by atoms with Crippen molar-refractivity contribution in [2.45, 2.75) is 26.5 Å². The molecule has 0 amide bonds. The van der Waals surface area contributed by atoms with Crippen molar-refractivity contribution in [3.63, 3.8) is 0 Å². The summed E-state index contributed by atoms with van der Waals surface area (Å²) >= 11 is 0. The van der Waals surface area contributed by atoms with Gasteiger partial charge in [0.15, 0.2) is 5.69 Å². The number of fused-ring (bicyclic) bond motifs is 1. The molecule has 1 aromatic heterocycles. The first kappa shape index (κ1) is 22.2. The lowest BCUT2D eigenvalue weighted by Gasteiger charge is -2.33. The molecule has 0 radical (unpaired) electrons. The summed E-state index contributed by atoms with van der Waals surface area (Å²) in [6.45, 7) is 8.04. The summed E-state index contributed by atoms with van der Waals surface area (Å²) in [5.74, 6) is 0.0186. The van der Waals surface area contributed by atoms with Crippen LogP contribution in [0, 0.1) is 5.92 Å². The minimum absolute atomic E-state index is 0.144. The number of esters is 1. The molecule has 2 heterocycles. The lowest BCUT2D eigenvalue weighted by molar-refractivity contribution is -0.0613. The molecule has 7 heteroatoms. The fraction of sp³-hybridized carbons (Fsp3) is 0.400. The third-order valence-electron chi connectivity index (χ3n) is 5.48. The highest BCUT2D eigenvalue weighted by Crippen LogP contribution is 2.16. The van der Waals surface area contributed by atoms with Gasteiger partial charge in [-0.15, -0.1) is 0 Å². The first-order valence-electron chi connectivity index (χ1n) is 11.1. The van der Waals surface area contributed by atoms with Crippen LogP contribution in [0.3, 0.4) is 0 Å². The zero-order chi connectivity index (χ0) is 22.5. The van der Waals surface area contributed by atoms with Gasteiger partial charge in [0.2, 0.25) is 0 Å². The molecule has 1 aliphatic rings. The predicted octanol–water partition coefficient (Wildman–Crippen LogP) is 2.96. The van der Waals surface area contributed by atoms with Gasteiger partial charge in [-0.3, -0.25) is 9.69 Å². The normalized spacial score (nSPS) is 17.0. The first-order valence-corrected chi connectivity index (χ1v) is 11.1. The van der Waals surface area contributed by atoms with Gasteiger partial charge in [0.05, 0.1) is 18.5 Å². The van der Waals surface area contributed by atoms with Crippen LogP contribution in [0.1, 0.15) is 29.9 Å². The van der Waals surface area contributed by atoms with E-state index in [1.807, 2.05) is 30.3 Å². The Bertz CT molecular complexity index is 1130. The molecular formula is C25H29N3O4. The van der Waals surface area contributed by atoms with Crippen molar-refractivity contribution in [2.24, 2.45) is 5.92 Å². The molecular weight excluding hydrogens is 406 g/mol. The van der Waals surface area contributed by atoms with Crippen LogP contribution in [0.5, 0.6) is 0 Å². The van der Waals surface area contributed by atoms with Crippen LogP contribution in [0.4, 0.5) is 0 Å². The Morgan fingerprint density at radius 3 is 2.59 bits per heavy atom. The smallest absolute Gasteiger partial charge is 0.359 e. The number of rotatable bonds is 7. The highest BCUT2D eigenvalue weighted by atomic mass is 16.6. The van der Waals surface area contributed by atoms with Gasteiger partial charge in [0, 0.05) is 25.0 Å². The zero-order valence-electron chi connectivity index (χ0n) is 18.6. The molecule has 1 atom stereocenters.